The Kier molecular flexibility index (Phi) is 6.21. The van der Waals surface area contributed by atoms with Gasteiger partial charge in [-0.1, -0.05) is 28.9 Å². The Morgan fingerprint density at radius 2 is 1.77 bits per heavy atom. The maximum atomic E-state index is 12.9. The number of hydrogen-bond acceptors (Lipinski definition) is 5. The van der Waals surface area contributed by atoms with E-state index in [1.807, 2.05) is 12.1 Å². The van der Waals surface area contributed by atoms with Gasteiger partial charge in [-0.25, -0.2) is 4.39 Å². The molecule has 0 atom stereocenters. The van der Waals surface area contributed by atoms with Crippen LogP contribution in [0.4, 0.5) is 4.39 Å². The van der Waals surface area contributed by atoms with Crippen LogP contribution in [0.25, 0.3) is 17.5 Å². The number of benzene rings is 2. The topological polar surface area (TPSA) is 62.5 Å². The molecule has 2 heterocycles. The average Bonchev–Trinajstić information content (AvgIpc) is 3.22. The number of halogens is 2. The van der Waals surface area contributed by atoms with Crippen molar-refractivity contribution in [3.63, 3.8) is 0 Å². The molecule has 2 aromatic carbocycles. The Balaban J connectivity index is 1.28. The Bertz CT molecular complexity index is 1030. The first-order valence-electron chi connectivity index (χ1n) is 9.60. The number of carbonyl (C=O) groups excluding carboxylic acids is 1. The molecule has 6 nitrogen and oxygen atoms in total. The first-order valence-corrected chi connectivity index (χ1v) is 9.98. The van der Waals surface area contributed by atoms with Crippen molar-refractivity contribution in [2.75, 3.05) is 26.2 Å². The minimum atomic E-state index is -0.295. The van der Waals surface area contributed by atoms with Gasteiger partial charge in [-0.2, -0.15) is 4.98 Å². The number of piperazine rings is 1. The van der Waals surface area contributed by atoms with Gasteiger partial charge in [-0.15, -0.1) is 0 Å². The Morgan fingerprint density at radius 3 is 2.47 bits per heavy atom. The van der Waals surface area contributed by atoms with Crippen LogP contribution in [0, 0.1) is 5.82 Å². The molecule has 4 rings (SSSR count). The van der Waals surface area contributed by atoms with Gasteiger partial charge in [0.15, 0.2) is 0 Å². The van der Waals surface area contributed by atoms with Crippen molar-refractivity contribution in [2.24, 2.45) is 0 Å². The number of carbonyl (C=O) groups is 1. The van der Waals surface area contributed by atoms with Crippen LogP contribution >= 0.6 is 11.6 Å². The van der Waals surface area contributed by atoms with Gasteiger partial charge in [0, 0.05) is 42.8 Å². The molecular weight excluding hydrogens is 407 g/mol. The summed E-state index contributed by atoms with van der Waals surface area (Å²) in [6, 6.07) is 13.3. The summed E-state index contributed by atoms with van der Waals surface area (Å²) >= 11 is 5.91. The summed E-state index contributed by atoms with van der Waals surface area (Å²) in [6.45, 7) is 3.20. The minimum Gasteiger partial charge on any atom is -0.338 e. The average molecular weight is 427 g/mol. The molecule has 0 N–H and O–H groups in total. The lowest BCUT2D eigenvalue weighted by Gasteiger charge is -2.33. The van der Waals surface area contributed by atoms with E-state index in [4.69, 9.17) is 16.1 Å². The third kappa shape index (κ3) is 5.11. The molecule has 8 heteroatoms. The van der Waals surface area contributed by atoms with E-state index in [2.05, 4.69) is 15.0 Å². The number of nitrogens with zero attached hydrogens (tertiary/aromatic N) is 4. The maximum Gasteiger partial charge on any atom is 0.246 e. The van der Waals surface area contributed by atoms with E-state index in [0.29, 0.717) is 36.4 Å². The Labute approximate surface area is 178 Å². The van der Waals surface area contributed by atoms with Gasteiger partial charge in [0.1, 0.15) is 5.82 Å². The van der Waals surface area contributed by atoms with Gasteiger partial charge in [0.2, 0.25) is 17.6 Å². The zero-order valence-corrected chi connectivity index (χ0v) is 16.9. The van der Waals surface area contributed by atoms with E-state index in [1.54, 1.807) is 35.2 Å². The first-order chi connectivity index (χ1) is 14.6. The highest BCUT2D eigenvalue weighted by Crippen LogP contribution is 2.19. The second kappa shape index (κ2) is 9.19. The van der Waals surface area contributed by atoms with Gasteiger partial charge in [0.05, 0.1) is 6.54 Å². The lowest BCUT2D eigenvalue weighted by Crippen LogP contribution is -2.47. The molecule has 0 bridgehead atoms. The molecule has 0 radical (unpaired) electrons. The van der Waals surface area contributed by atoms with Gasteiger partial charge < -0.3 is 9.42 Å². The molecule has 3 aromatic rings. The lowest BCUT2D eigenvalue weighted by atomic mass is 10.2. The van der Waals surface area contributed by atoms with Gasteiger partial charge in [0.25, 0.3) is 0 Å². The summed E-state index contributed by atoms with van der Waals surface area (Å²) in [4.78, 5) is 20.8. The van der Waals surface area contributed by atoms with Crippen LogP contribution in [0.2, 0.25) is 5.02 Å². The van der Waals surface area contributed by atoms with Crippen LogP contribution in [0.3, 0.4) is 0 Å². The Morgan fingerprint density at radius 1 is 1.07 bits per heavy atom. The van der Waals surface area contributed by atoms with E-state index >= 15 is 0 Å². The SMILES string of the molecule is O=C(C=Cc1ccc(F)cc1)N1CCN(Cc2nc(-c3ccc(Cl)cc3)no2)CC1. The molecule has 1 amide bonds. The number of aromatic nitrogens is 2. The van der Waals surface area contributed by atoms with Crippen molar-refractivity contribution >= 4 is 23.6 Å². The van der Waals surface area contributed by atoms with Crippen LogP contribution in [0.5, 0.6) is 0 Å². The zero-order valence-electron chi connectivity index (χ0n) is 16.2. The molecule has 0 spiro atoms. The highest BCUT2D eigenvalue weighted by molar-refractivity contribution is 6.30. The fourth-order valence-corrected chi connectivity index (χ4v) is 3.33. The molecule has 1 aliphatic rings. The highest BCUT2D eigenvalue weighted by atomic mass is 35.5. The van der Waals surface area contributed by atoms with Crippen molar-refractivity contribution in [3.05, 3.63) is 76.9 Å². The zero-order chi connectivity index (χ0) is 20.9. The molecule has 0 aliphatic carbocycles. The Hall–Kier alpha value is -3.03. The van der Waals surface area contributed by atoms with Crippen LogP contribution in [0.15, 0.2) is 59.1 Å². The van der Waals surface area contributed by atoms with Crippen molar-refractivity contribution in [1.29, 1.82) is 0 Å². The predicted octanol–water partition coefficient (Wildman–Crippen LogP) is 3.89. The molecule has 1 saturated heterocycles. The standard InChI is InChI=1S/C22H20ClFN4O2/c23-18-6-4-17(5-7-18)22-25-20(30-26-22)15-27-11-13-28(14-12-27)21(29)10-3-16-1-8-19(24)9-2-16/h1-10H,11-15H2. The smallest absolute Gasteiger partial charge is 0.246 e. The second-order valence-corrected chi connectivity index (χ2v) is 7.44. The van der Waals surface area contributed by atoms with Gasteiger partial charge >= 0.3 is 0 Å². The van der Waals surface area contributed by atoms with Crippen molar-refractivity contribution in [2.45, 2.75) is 6.54 Å². The monoisotopic (exact) mass is 426 g/mol. The van der Waals surface area contributed by atoms with Gasteiger partial charge in [-0.05, 0) is 48.0 Å². The van der Waals surface area contributed by atoms with E-state index in [-0.39, 0.29) is 11.7 Å². The number of amides is 1. The third-order valence-electron chi connectivity index (χ3n) is 4.90. The van der Waals surface area contributed by atoms with E-state index in [9.17, 15) is 9.18 Å². The number of hydrogen-bond donors (Lipinski definition) is 0. The summed E-state index contributed by atoms with van der Waals surface area (Å²) in [7, 11) is 0. The second-order valence-electron chi connectivity index (χ2n) is 7.00. The predicted molar refractivity (Wildman–Crippen MR) is 112 cm³/mol. The summed E-state index contributed by atoms with van der Waals surface area (Å²) in [5, 5.41) is 4.69. The van der Waals surface area contributed by atoms with E-state index < -0.39 is 0 Å². The summed E-state index contributed by atoms with van der Waals surface area (Å²) in [5.74, 6) is 0.718. The molecular formula is C22H20ClFN4O2. The minimum absolute atomic E-state index is 0.0539. The van der Waals surface area contributed by atoms with E-state index in [0.717, 1.165) is 24.2 Å². The maximum absolute atomic E-state index is 12.9. The van der Waals surface area contributed by atoms with Crippen LogP contribution in [-0.2, 0) is 11.3 Å². The third-order valence-corrected chi connectivity index (χ3v) is 5.15. The summed E-state index contributed by atoms with van der Waals surface area (Å²) in [6.07, 6.45) is 3.23. The van der Waals surface area contributed by atoms with Crippen LogP contribution in [-0.4, -0.2) is 52.0 Å². The number of rotatable bonds is 5. The largest absolute Gasteiger partial charge is 0.338 e. The molecule has 154 valence electrons. The van der Waals surface area contributed by atoms with Crippen LogP contribution < -0.4 is 0 Å². The van der Waals surface area contributed by atoms with E-state index in [1.165, 1.54) is 18.2 Å². The van der Waals surface area contributed by atoms with Crippen molar-refractivity contribution in [1.82, 2.24) is 19.9 Å². The molecule has 0 saturated carbocycles. The van der Waals surface area contributed by atoms with Crippen molar-refractivity contribution < 1.29 is 13.7 Å². The quantitative estimate of drug-likeness (QED) is 0.579. The molecule has 1 aromatic heterocycles. The first kappa shape index (κ1) is 20.3. The summed E-state index contributed by atoms with van der Waals surface area (Å²) < 4.78 is 18.3. The van der Waals surface area contributed by atoms with Crippen LogP contribution in [0.1, 0.15) is 11.5 Å². The lowest BCUT2D eigenvalue weighted by molar-refractivity contribution is -0.127. The molecule has 1 aliphatic heterocycles. The van der Waals surface area contributed by atoms with Gasteiger partial charge in [-0.3, -0.25) is 9.69 Å². The molecule has 30 heavy (non-hydrogen) atoms. The van der Waals surface area contributed by atoms with Crippen molar-refractivity contribution in [3.8, 4) is 11.4 Å². The molecule has 1 fully saturated rings. The fraction of sp³-hybridized carbons (Fsp3) is 0.227. The fourth-order valence-electron chi connectivity index (χ4n) is 3.20. The summed E-state index contributed by atoms with van der Waals surface area (Å²) in [5.41, 5.74) is 1.63. The normalized spacial score (nSPS) is 15.1. The molecule has 0 unspecified atom stereocenters. The highest BCUT2D eigenvalue weighted by Gasteiger charge is 2.21.